The lowest BCUT2D eigenvalue weighted by molar-refractivity contribution is -0.137. The van der Waals surface area contributed by atoms with Crippen LogP contribution in [0.5, 0.6) is 0 Å². The smallest absolute Gasteiger partial charge is 0.341 e. The number of carbonyl (C=O) groups excluding carboxylic acids is 1. The van der Waals surface area contributed by atoms with Crippen molar-refractivity contribution in [2.24, 2.45) is 0 Å². The van der Waals surface area contributed by atoms with Crippen LogP contribution in [0.4, 0.5) is 18.9 Å². The molecule has 0 saturated carbocycles. The molecule has 1 aliphatic heterocycles. The van der Waals surface area contributed by atoms with Crippen molar-refractivity contribution in [1.29, 1.82) is 0 Å². The maximum atomic E-state index is 12.7. The molecule has 1 saturated heterocycles. The average Bonchev–Trinajstić information content (AvgIpc) is 2.70. The van der Waals surface area contributed by atoms with Crippen LogP contribution in [0.2, 0.25) is 0 Å². The van der Waals surface area contributed by atoms with Crippen LogP contribution < -0.4 is 9.62 Å². The van der Waals surface area contributed by atoms with Crippen LogP contribution in [0, 0.1) is 0 Å². The molecule has 2 atom stereocenters. The molecule has 9 heteroatoms. The van der Waals surface area contributed by atoms with E-state index < -0.39 is 33.3 Å². The summed E-state index contributed by atoms with van der Waals surface area (Å²) in [4.78, 5) is 12.4. The summed E-state index contributed by atoms with van der Waals surface area (Å²) in [5, 5.41) is -1.47. The second kappa shape index (κ2) is 5.71. The highest BCUT2D eigenvalue weighted by atomic mass is 35.5. The van der Waals surface area contributed by atoms with E-state index in [2.05, 4.69) is 4.72 Å². The monoisotopic (exact) mass is 326 g/mol. The minimum atomic E-state index is -4.46. The van der Waals surface area contributed by atoms with Gasteiger partial charge in [-0.05, 0) is 29.8 Å². The molecule has 0 aromatic heterocycles. The predicted octanol–water partition coefficient (Wildman–Crippen LogP) is 2.22. The summed E-state index contributed by atoms with van der Waals surface area (Å²) >= 11 is 5.27. The molecule has 1 aromatic rings. The normalized spacial score (nSPS) is 23.1. The summed E-state index contributed by atoms with van der Waals surface area (Å²) in [5.41, 5.74) is -0.565. The van der Waals surface area contributed by atoms with E-state index in [-0.39, 0.29) is 18.8 Å². The summed E-state index contributed by atoms with van der Waals surface area (Å²) < 4.78 is 52.3. The molecule has 0 aliphatic carbocycles. The Morgan fingerprint density at radius 1 is 1.50 bits per heavy atom. The third kappa shape index (κ3) is 3.31. The molecule has 1 heterocycles. The molecule has 1 aromatic carbocycles. The number of carbonyl (C=O) groups is 1. The molecule has 0 amide bonds. The van der Waals surface area contributed by atoms with Crippen molar-refractivity contribution < 1.29 is 22.2 Å². The lowest BCUT2D eigenvalue weighted by Crippen LogP contribution is -2.32. The fourth-order valence-corrected chi connectivity index (χ4v) is 3.31. The number of hydrogen-bond donors (Lipinski definition) is 1. The Morgan fingerprint density at radius 2 is 2.20 bits per heavy atom. The average molecular weight is 327 g/mol. The number of benzene rings is 1. The van der Waals surface area contributed by atoms with Crippen molar-refractivity contribution in [2.45, 2.75) is 18.0 Å². The highest BCUT2D eigenvalue weighted by molar-refractivity contribution is 7.84. The number of nitrogens with zero attached hydrogens (tertiary/aromatic N) is 1. The lowest BCUT2D eigenvalue weighted by atomic mass is 10.2. The van der Waals surface area contributed by atoms with Gasteiger partial charge in [0.1, 0.15) is 16.4 Å². The fourth-order valence-electron chi connectivity index (χ4n) is 1.89. The maximum Gasteiger partial charge on any atom is 0.416 e. The Balaban J connectivity index is 2.30. The van der Waals surface area contributed by atoms with Crippen molar-refractivity contribution in [3.63, 3.8) is 0 Å². The van der Waals surface area contributed by atoms with E-state index in [4.69, 9.17) is 11.6 Å². The van der Waals surface area contributed by atoms with E-state index in [9.17, 15) is 22.2 Å². The zero-order valence-electron chi connectivity index (χ0n) is 9.98. The minimum absolute atomic E-state index is 0.0861. The minimum Gasteiger partial charge on any atom is -0.341 e. The summed E-state index contributed by atoms with van der Waals surface area (Å²) in [7, 11) is -1.55. The van der Waals surface area contributed by atoms with Gasteiger partial charge in [-0.2, -0.15) is 13.2 Å². The molecule has 2 rings (SSSR count). The van der Waals surface area contributed by atoms with Crippen molar-refractivity contribution >= 4 is 33.5 Å². The highest BCUT2D eigenvalue weighted by Crippen LogP contribution is 2.33. The maximum absolute atomic E-state index is 12.7. The zero-order chi connectivity index (χ0) is 14.9. The van der Waals surface area contributed by atoms with E-state index >= 15 is 0 Å². The molecule has 1 N–H and O–H groups in total. The van der Waals surface area contributed by atoms with Gasteiger partial charge >= 0.3 is 6.18 Å². The van der Waals surface area contributed by atoms with Gasteiger partial charge in [0.2, 0.25) is 5.24 Å². The van der Waals surface area contributed by atoms with Crippen LogP contribution in [0.15, 0.2) is 24.3 Å². The standard InChI is InChI=1S/C11H10ClF3N2O2S/c12-9(18)5-10-17(6-16-20(10)19)8-3-1-2-7(4-8)11(13,14)15/h1-4,10,16H,5-6H2. The SMILES string of the molecule is O=C(Cl)CC1N(c2cccc(C(F)(F)F)c2)CNS1=O. The largest absolute Gasteiger partial charge is 0.416 e. The molecule has 0 radical (unpaired) electrons. The number of anilines is 1. The Bertz CT molecular complexity index is 553. The first-order valence-electron chi connectivity index (χ1n) is 5.55. The number of hydrogen-bond acceptors (Lipinski definition) is 3. The predicted molar refractivity (Wildman–Crippen MR) is 69.3 cm³/mol. The van der Waals surface area contributed by atoms with Crippen LogP contribution in [0.25, 0.3) is 0 Å². The van der Waals surface area contributed by atoms with Gasteiger partial charge in [-0.25, -0.2) is 8.93 Å². The first-order valence-corrected chi connectivity index (χ1v) is 7.14. The fraction of sp³-hybridized carbons (Fsp3) is 0.364. The molecule has 4 nitrogen and oxygen atoms in total. The Labute approximate surface area is 120 Å². The quantitative estimate of drug-likeness (QED) is 0.867. The second-order valence-electron chi connectivity index (χ2n) is 4.13. The van der Waals surface area contributed by atoms with E-state index in [0.717, 1.165) is 12.1 Å². The third-order valence-corrected chi connectivity index (χ3v) is 4.30. The molecule has 20 heavy (non-hydrogen) atoms. The van der Waals surface area contributed by atoms with Gasteiger partial charge in [-0.1, -0.05) is 6.07 Å². The van der Waals surface area contributed by atoms with Gasteiger partial charge < -0.3 is 4.90 Å². The van der Waals surface area contributed by atoms with Gasteiger partial charge in [0.25, 0.3) is 0 Å². The summed E-state index contributed by atoms with van der Waals surface area (Å²) in [6.07, 6.45) is -4.67. The van der Waals surface area contributed by atoms with Crippen molar-refractivity contribution in [3.05, 3.63) is 29.8 Å². The molecule has 110 valence electrons. The Morgan fingerprint density at radius 3 is 2.80 bits per heavy atom. The molecule has 1 fully saturated rings. The van der Waals surface area contributed by atoms with Crippen LogP contribution >= 0.6 is 11.6 Å². The number of alkyl halides is 3. The zero-order valence-corrected chi connectivity index (χ0v) is 11.6. The van der Waals surface area contributed by atoms with E-state index in [0.29, 0.717) is 0 Å². The molecule has 0 spiro atoms. The molecule has 0 bridgehead atoms. The summed E-state index contributed by atoms with van der Waals surface area (Å²) in [6.45, 7) is 0.0861. The van der Waals surface area contributed by atoms with Gasteiger partial charge in [-0.3, -0.25) is 4.79 Å². The molecular formula is C11H10ClF3N2O2S. The van der Waals surface area contributed by atoms with Crippen LogP contribution in [0.3, 0.4) is 0 Å². The van der Waals surface area contributed by atoms with E-state index in [1.165, 1.54) is 17.0 Å². The third-order valence-electron chi connectivity index (χ3n) is 2.81. The van der Waals surface area contributed by atoms with Gasteiger partial charge in [0, 0.05) is 5.69 Å². The Kier molecular flexibility index (Phi) is 4.36. The number of nitrogens with one attached hydrogen (secondary N) is 1. The van der Waals surface area contributed by atoms with Crippen LogP contribution in [0.1, 0.15) is 12.0 Å². The van der Waals surface area contributed by atoms with Gasteiger partial charge in [-0.15, -0.1) is 0 Å². The second-order valence-corrected chi connectivity index (χ2v) is 5.98. The first-order chi connectivity index (χ1) is 9.29. The van der Waals surface area contributed by atoms with Crippen molar-refractivity contribution in [3.8, 4) is 0 Å². The highest BCUT2D eigenvalue weighted by Gasteiger charge is 2.35. The van der Waals surface area contributed by atoms with Crippen LogP contribution in [-0.2, 0) is 22.0 Å². The lowest BCUT2D eigenvalue weighted by Gasteiger charge is -2.23. The number of rotatable bonds is 3. The van der Waals surface area contributed by atoms with Gasteiger partial charge in [0.15, 0.2) is 0 Å². The molecule has 2 unspecified atom stereocenters. The van der Waals surface area contributed by atoms with Gasteiger partial charge in [0.05, 0.1) is 18.7 Å². The summed E-state index contributed by atoms with van der Waals surface area (Å²) in [6, 6.07) is 4.63. The van der Waals surface area contributed by atoms with Crippen molar-refractivity contribution in [1.82, 2.24) is 4.72 Å². The first kappa shape index (κ1) is 15.3. The van der Waals surface area contributed by atoms with Crippen LogP contribution in [-0.4, -0.2) is 21.5 Å². The topological polar surface area (TPSA) is 49.4 Å². The summed E-state index contributed by atoms with van der Waals surface area (Å²) in [5.74, 6) is 0. The van der Waals surface area contributed by atoms with E-state index in [1.54, 1.807) is 0 Å². The molecule has 1 aliphatic rings. The van der Waals surface area contributed by atoms with E-state index in [1.807, 2.05) is 0 Å². The Hall–Kier alpha value is -1.12. The molecular weight excluding hydrogens is 317 g/mol. The number of halogens is 4. The van der Waals surface area contributed by atoms with Crippen molar-refractivity contribution in [2.75, 3.05) is 11.6 Å².